The number of hydrogen-bond acceptors (Lipinski definition) is 6. The van der Waals surface area contributed by atoms with E-state index in [4.69, 9.17) is 0 Å². The molecule has 34 heavy (non-hydrogen) atoms. The van der Waals surface area contributed by atoms with Gasteiger partial charge in [0.15, 0.2) is 5.82 Å². The fourth-order valence-corrected chi connectivity index (χ4v) is 4.59. The van der Waals surface area contributed by atoms with Crippen LogP contribution in [0.5, 0.6) is 0 Å². The van der Waals surface area contributed by atoms with Crippen LogP contribution < -0.4 is 5.32 Å². The van der Waals surface area contributed by atoms with Crippen LogP contribution in [0.4, 0.5) is 5.82 Å². The number of pyridine rings is 1. The molecule has 0 bridgehead atoms. The lowest BCUT2D eigenvalue weighted by atomic mass is 10.0. The maximum Gasteiger partial charge on any atom is 0.260 e. The van der Waals surface area contributed by atoms with Crippen LogP contribution in [0.1, 0.15) is 29.2 Å². The molecule has 6 rings (SSSR count). The van der Waals surface area contributed by atoms with Gasteiger partial charge in [0, 0.05) is 34.9 Å². The van der Waals surface area contributed by atoms with Crippen LogP contribution in [0.2, 0.25) is 0 Å². The molecule has 0 radical (unpaired) electrons. The quantitative estimate of drug-likeness (QED) is 0.429. The number of amides is 1. The number of likely N-dealkylation sites (tertiary alicyclic amines) is 1. The number of aromatic amines is 1. The lowest BCUT2D eigenvalue weighted by molar-refractivity contribution is 0.102. The molecule has 170 valence electrons. The summed E-state index contributed by atoms with van der Waals surface area (Å²) in [5.41, 5.74) is 4.31. The van der Waals surface area contributed by atoms with Crippen molar-refractivity contribution in [2.24, 2.45) is 0 Å². The Balaban J connectivity index is 1.24. The van der Waals surface area contributed by atoms with Crippen molar-refractivity contribution >= 4 is 33.5 Å². The fraction of sp³-hybridized carbons (Fsp3) is 0.240. The number of hydrogen-bond donors (Lipinski definition) is 2. The fourth-order valence-electron chi connectivity index (χ4n) is 4.59. The highest BCUT2D eigenvalue weighted by molar-refractivity contribution is 6.04. The zero-order chi connectivity index (χ0) is 23.1. The van der Waals surface area contributed by atoms with Gasteiger partial charge in [-0.2, -0.15) is 5.10 Å². The molecule has 5 aromatic rings. The van der Waals surface area contributed by atoms with Crippen molar-refractivity contribution in [2.75, 3.05) is 25.5 Å². The van der Waals surface area contributed by atoms with Crippen molar-refractivity contribution in [3.05, 3.63) is 66.9 Å². The van der Waals surface area contributed by atoms with Crippen LogP contribution in [-0.2, 0) is 0 Å². The van der Waals surface area contributed by atoms with Gasteiger partial charge < -0.3 is 15.2 Å². The standard InChI is InChI=1S/C25H24N8O/c1-32-8-5-19(6-9-32)33-15-18(12-28-33)25(34)29-24-11-17-10-16(2-3-22(17)30-31-24)21-13-26-14-23-20(21)4-7-27-23/h2-4,7,10-15,19,27H,5-6,8-9H2,1H3,(H,29,31,34). The summed E-state index contributed by atoms with van der Waals surface area (Å²) in [6.07, 6.45) is 11.1. The van der Waals surface area contributed by atoms with Gasteiger partial charge in [-0.25, -0.2) is 0 Å². The molecule has 1 amide bonds. The molecule has 0 atom stereocenters. The van der Waals surface area contributed by atoms with E-state index in [1.54, 1.807) is 6.20 Å². The summed E-state index contributed by atoms with van der Waals surface area (Å²) in [7, 11) is 2.13. The molecule has 0 aliphatic carbocycles. The summed E-state index contributed by atoms with van der Waals surface area (Å²) >= 11 is 0. The number of H-pyrrole nitrogens is 1. The molecule has 4 aromatic heterocycles. The van der Waals surface area contributed by atoms with E-state index in [2.05, 4.69) is 42.5 Å². The van der Waals surface area contributed by atoms with Gasteiger partial charge in [0.2, 0.25) is 0 Å². The highest BCUT2D eigenvalue weighted by Gasteiger charge is 2.20. The molecule has 9 nitrogen and oxygen atoms in total. The molecule has 1 aliphatic rings. The first-order valence-corrected chi connectivity index (χ1v) is 11.4. The topological polar surface area (TPSA) is 105 Å². The predicted molar refractivity (Wildman–Crippen MR) is 131 cm³/mol. The van der Waals surface area contributed by atoms with Gasteiger partial charge in [0.05, 0.1) is 35.0 Å². The minimum absolute atomic E-state index is 0.245. The minimum Gasteiger partial charge on any atom is -0.360 e. The van der Waals surface area contributed by atoms with Gasteiger partial charge in [-0.3, -0.25) is 14.5 Å². The Morgan fingerprint density at radius 3 is 2.85 bits per heavy atom. The third kappa shape index (κ3) is 3.80. The van der Waals surface area contributed by atoms with Crippen molar-refractivity contribution in [3.8, 4) is 11.1 Å². The Kier molecular flexibility index (Phi) is 5.03. The van der Waals surface area contributed by atoms with Gasteiger partial charge in [-0.15, -0.1) is 10.2 Å². The maximum atomic E-state index is 12.9. The van der Waals surface area contributed by atoms with Crippen molar-refractivity contribution in [1.29, 1.82) is 0 Å². The molecule has 0 saturated carbocycles. The molecule has 2 N–H and O–H groups in total. The smallest absolute Gasteiger partial charge is 0.260 e. The summed E-state index contributed by atoms with van der Waals surface area (Å²) in [5, 5.41) is 17.8. The first-order valence-electron chi connectivity index (χ1n) is 11.4. The van der Waals surface area contributed by atoms with Gasteiger partial charge in [0.1, 0.15) is 0 Å². The largest absolute Gasteiger partial charge is 0.360 e. The lowest BCUT2D eigenvalue weighted by Crippen LogP contribution is -2.31. The molecule has 9 heteroatoms. The monoisotopic (exact) mass is 452 g/mol. The number of rotatable bonds is 4. The highest BCUT2D eigenvalue weighted by atomic mass is 16.1. The SMILES string of the molecule is CN1CCC(n2cc(C(=O)Nc3cc4cc(-c5cncc6[nH]ccc56)ccc4nn3)cn2)CC1. The van der Waals surface area contributed by atoms with E-state index >= 15 is 0 Å². The number of carbonyl (C=O) groups is 1. The number of fused-ring (bicyclic) bond motifs is 2. The van der Waals surface area contributed by atoms with E-state index in [0.717, 1.165) is 58.9 Å². The van der Waals surface area contributed by atoms with E-state index in [9.17, 15) is 4.79 Å². The Morgan fingerprint density at radius 2 is 1.97 bits per heavy atom. The Labute approximate surface area is 195 Å². The molecule has 0 spiro atoms. The second-order valence-electron chi connectivity index (χ2n) is 8.83. The van der Waals surface area contributed by atoms with Gasteiger partial charge in [0.25, 0.3) is 5.91 Å². The Morgan fingerprint density at radius 1 is 1.09 bits per heavy atom. The Hall–Kier alpha value is -4.11. The maximum absolute atomic E-state index is 12.9. The zero-order valence-corrected chi connectivity index (χ0v) is 18.8. The van der Waals surface area contributed by atoms with Crippen molar-refractivity contribution in [3.63, 3.8) is 0 Å². The second-order valence-corrected chi connectivity index (χ2v) is 8.83. The number of nitrogens with one attached hydrogen (secondary N) is 2. The molecule has 5 heterocycles. The van der Waals surface area contributed by atoms with Crippen LogP contribution in [0.3, 0.4) is 0 Å². The molecular formula is C25H24N8O. The summed E-state index contributed by atoms with van der Waals surface area (Å²) in [5.74, 6) is 0.157. The zero-order valence-electron chi connectivity index (χ0n) is 18.8. The number of nitrogens with zero attached hydrogens (tertiary/aromatic N) is 6. The molecule has 1 aliphatic heterocycles. The number of piperidine rings is 1. The molecule has 1 fully saturated rings. The summed E-state index contributed by atoms with van der Waals surface area (Å²) < 4.78 is 1.91. The summed E-state index contributed by atoms with van der Waals surface area (Å²) in [6.45, 7) is 2.07. The second kappa shape index (κ2) is 8.35. The van der Waals surface area contributed by atoms with Crippen LogP contribution in [0.25, 0.3) is 32.9 Å². The summed E-state index contributed by atoms with van der Waals surface area (Å²) in [4.78, 5) is 22.7. The average Bonchev–Trinajstić information content (AvgIpc) is 3.54. The van der Waals surface area contributed by atoms with E-state index in [1.165, 1.54) is 0 Å². The third-order valence-corrected chi connectivity index (χ3v) is 6.54. The van der Waals surface area contributed by atoms with Crippen LogP contribution >= 0.6 is 0 Å². The number of anilines is 1. The van der Waals surface area contributed by atoms with E-state index in [0.29, 0.717) is 17.4 Å². The van der Waals surface area contributed by atoms with Crippen molar-refractivity contribution in [2.45, 2.75) is 18.9 Å². The number of benzene rings is 1. The highest BCUT2D eigenvalue weighted by Crippen LogP contribution is 2.29. The van der Waals surface area contributed by atoms with E-state index in [-0.39, 0.29) is 5.91 Å². The normalized spacial score (nSPS) is 15.2. The van der Waals surface area contributed by atoms with Gasteiger partial charge in [-0.05, 0) is 62.8 Å². The van der Waals surface area contributed by atoms with Gasteiger partial charge in [-0.1, -0.05) is 6.07 Å². The van der Waals surface area contributed by atoms with E-state index < -0.39 is 0 Å². The first-order chi connectivity index (χ1) is 16.6. The number of aromatic nitrogens is 6. The molecule has 1 saturated heterocycles. The van der Waals surface area contributed by atoms with Crippen molar-refractivity contribution < 1.29 is 4.79 Å². The van der Waals surface area contributed by atoms with E-state index in [1.807, 2.05) is 59.8 Å². The molecule has 0 unspecified atom stereocenters. The minimum atomic E-state index is -0.245. The van der Waals surface area contributed by atoms with Crippen LogP contribution in [0, 0.1) is 0 Å². The van der Waals surface area contributed by atoms with Crippen LogP contribution in [-0.4, -0.2) is 60.9 Å². The molecule has 1 aromatic carbocycles. The Bertz CT molecular complexity index is 1500. The first kappa shape index (κ1) is 20.5. The summed E-state index contributed by atoms with van der Waals surface area (Å²) in [6, 6.07) is 10.2. The average molecular weight is 453 g/mol. The molecular weight excluding hydrogens is 428 g/mol. The third-order valence-electron chi connectivity index (χ3n) is 6.54. The van der Waals surface area contributed by atoms with Crippen molar-refractivity contribution in [1.82, 2.24) is 34.8 Å². The predicted octanol–water partition coefficient (Wildman–Crippen LogP) is 3.89. The van der Waals surface area contributed by atoms with Crippen LogP contribution in [0.15, 0.2) is 61.3 Å². The lowest BCUT2D eigenvalue weighted by Gasteiger charge is -2.28. The number of carbonyl (C=O) groups excluding carboxylic acids is 1. The van der Waals surface area contributed by atoms with Gasteiger partial charge >= 0.3 is 0 Å².